The van der Waals surface area contributed by atoms with Gasteiger partial charge in [0.15, 0.2) is 0 Å². The van der Waals surface area contributed by atoms with Crippen molar-refractivity contribution in [2.75, 3.05) is 0 Å². The summed E-state index contributed by atoms with van der Waals surface area (Å²) in [6.45, 7) is 0.356. The van der Waals surface area contributed by atoms with Crippen LogP contribution < -0.4 is 10.5 Å². The van der Waals surface area contributed by atoms with Gasteiger partial charge in [0.25, 0.3) is 0 Å². The Balaban J connectivity index is 2.20. The first-order valence-electron chi connectivity index (χ1n) is 5.33. The average Bonchev–Trinajstić information content (AvgIpc) is 2.37. The van der Waals surface area contributed by atoms with E-state index in [1.165, 1.54) is 0 Å². The summed E-state index contributed by atoms with van der Waals surface area (Å²) >= 11 is 5.99. The largest absolute Gasteiger partial charge is 0.488 e. The van der Waals surface area contributed by atoms with Crippen LogP contribution in [0.3, 0.4) is 0 Å². The van der Waals surface area contributed by atoms with E-state index in [4.69, 9.17) is 27.5 Å². The van der Waals surface area contributed by atoms with Gasteiger partial charge in [-0.05, 0) is 18.2 Å². The summed E-state index contributed by atoms with van der Waals surface area (Å²) in [5, 5.41) is 7.91. The molecule has 0 amide bonds. The summed E-state index contributed by atoms with van der Waals surface area (Å²) in [6, 6.07) is 8.91. The summed E-state index contributed by atoms with van der Waals surface area (Å²) in [5.41, 5.74) is 6.85. The molecule has 0 aliphatic heterocycles. The Hall–Kier alpha value is -2.07. The molecule has 0 spiro atoms. The molecular weight excluding hydrogens is 250 g/mol. The second-order valence-electron chi connectivity index (χ2n) is 3.68. The molecule has 3 N–H and O–H groups in total. The van der Waals surface area contributed by atoms with Crippen molar-refractivity contribution in [1.29, 1.82) is 5.41 Å². The first-order chi connectivity index (χ1) is 8.68. The monoisotopic (exact) mass is 261 g/mol. The molecule has 4 nitrogen and oxygen atoms in total. The van der Waals surface area contributed by atoms with E-state index in [0.29, 0.717) is 22.9 Å². The van der Waals surface area contributed by atoms with Gasteiger partial charge in [0, 0.05) is 18.0 Å². The highest BCUT2D eigenvalue weighted by atomic mass is 35.5. The molecule has 0 radical (unpaired) electrons. The zero-order chi connectivity index (χ0) is 13.0. The summed E-state index contributed by atoms with van der Waals surface area (Å²) < 4.78 is 5.62. The van der Waals surface area contributed by atoms with Gasteiger partial charge in [-0.25, -0.2) is 0 Å². The highest BCUT2D eigenvalue weighted by Gasteiger charge is 2.11. The number of nitrogen functional groups attached to an aromatic ring is 1. The number of aromatic nitrogens is 1. The van der Waals surface area contributed by atoms with Gasteiger partial charge in [-0.15, -0.1) is 0 Å². The van der Waals surface area contributed by atoms with E-state index < -0.39 is 0 Å². The van der Waals surface area contributed by atoms with E-state index in [9.17, 15) is 0 Å². The highest BCUT2D eigenvalue weighted by molar-refractivity contribution is 6.34. The molecule has 0 fully saturated rings. The molecule has 0 atom stereocenters. The molecule has 1 aromatic heterocycles. The smallest absolute Gasteiger partial charge is 0.132 e. The Morgan fingerprint density at radius 3 is 2.83 bits per heavy atom. The third-order valence-electron chi connectivity index (χ3n) is 2.36. The van der Waals surface area contributed by atoms with Crippen molar-refractivity contribution in [2.24, 2.45) is 5.73 Å². The zero-order valence-electron chi connectivity index (χ0n) is 9.56. The van der Waals surface area contributed by atoms with Crippen molar-refractivity contribution in [1.82, 2.24) is 4.98 Å². The van der Waals surface area contributed by atoms with Crippen LogP contribution in [0.2, 0.25) is 5.02 Å². The maximum atomic E-state index is 7.50. The summed E-state index contributed by atoms with van der Waals surface area (Å²) in [6.07, 6.45) is 3.42. The maximum Gasteiger partial charge on any atom is 0.132 e. The Kier molecular flexibility index (Phi) is 3.79. The number of benzene rings is 1. The third kappa shape index (κ3) is 2.78. The van der Waals surface area contributed by atoms with Crippen molar-refractivity contribution < 1.29 is 4.74 Å². The Bertz CT molecular complexity index is 557. The van der Waals surface area contributed by atoms with E-state index in [0.717, 1.165) is 5.56 Å². The summed E-state index contributed by atoms with van der Waals surface area (Å²) in [4.78, 5) is 4.00. The fourth-order valence-electron chi connectivity index (χ4n) is 1.53. The average molecular weight is 262 g/mol. The lowest BCUT2D eigenvalue weighted by molar-refractivity contribution is 0.305. The van der Waals surface area contributed by atoms with Crippen molar-refractivity contribution in [3.63, 3.8) is 0 Å². The van der Waals surface area contributed by atoms with Crippen LogP contribution in [-0.2, 0) is 6.61 Å². The quantitative estimate of drug-likeness (QED) is 0.656. The Morgan fingerprint density at radius 1 is 1.33 bits per heavy atom. The molecule has 0 saturated heterocycles. The number of pyridine rings is 1. The number of halogens is 1. The molecule has 0 aliphatic rings. The van der Waals surface area contributed by atoms with Crippen LogP contribution in [0.5, 0.6) is 5.75 Å². The van der Waals surface area contributed by atoms with Crippen molar-refractivity contribution >= 4 is 17.4 Å². The SMILES string of the molecule is N=C(N)c1c(Cl)cccc1OCc1cccnc1. The molecule has 18 heavy (non-hydrogen) atoms. The van der Waals surface area contributed by atoms with Crippen LogP contribution in [0.25, 0.3) is 0 Å². The maximum absolute atomic E-state index is 7.50. The minimum atomic E-state index is -0.109. The van der Waals surface area contributed by atoms with Crippen LogP contribution in [0, 0.1) is 5.41 Å². The lowest BCUT2D eigenvalue weighted by Gasteiger charge is -2.11. The van der Waals surface area contributed by atoms with Gasteiger partial charge >= 0.3 is 0 Å². The van der Waals surface area contributed by atoms with E-state index >= 15 is 0 Å². The topological polar surface area (TPSA) is 72.0 Å². The van der Waals surface area contributed by atoms with Gasteiger partial charge < -0.3 is 10.5 Å². The molecule has 92 valence electrons. The molecule has 1 heterocycles. The van der Waals surface area contributed by atoms with E-state index in [1.807, 2.05) is 12.1 Å². The van der Waals surface area contributed by atoms with Gasteiger partial charge in [0.1, 0.15) is 18.2 Å². The number of nitrogens with one attached hydrogen (secondary N) is 1. The lowest BCUT2D eigenvalue weighted by atomic mass is 10.2. The molecule has 0 aliphatic carbocycles. The minimum absolute atomic E-state index is 0.109. The minimum Gasteiger partial charge on any atom is -0.488 e. The number of nitrogens with zero attached hydrogens (tertiary/aromatic N) is 1. The number of hydrogen-bond donors (Lipinski definition) is 2. The molecule has 1 aromatic carbocycles. The van der Waals surface area contributed by atoms with Crippen LogP contribution >= 0.6 is 11.6 Å². The predicted molar refractivity (Wildman–Crippen MR) is 71.0 cm³/mol. The van der Waals surface area contributed by atoms with Gasteiger partial charge in [0.05, 0.1) is 10.6 Å². The summed E-state index contributed by atoms with van der Waals surface area (Å²) in [7, 11) is 0. The second-order valence-corrected chi connectivity index (χ2v) is 4.08. The van der Waals surface area contributed by atoms with Crippen molar-refractivity contribution in [3.05, 3.63) is 58.9 Å². The highest BCUT2D eigenvalue weighted by Crippen LogP contribution is 2.26. The first-order valence-corrected chi connectivity index (χ1v) is 5.71. The van der Waals surface area contributed by atoms with Crippen LogP contribution in [0.1, 0.15) is 11.1 Å². The van der Waals surface area contributed by atoms with E-state index in [2.05, 4.69) is 4.98 Å². The van der Waals surface area contributed by atoms with E-state index in [1.54, 1.807) is 30.6 Å². The van der Waals surface area contributed by atoms with Crippen LogP contribution in [0.4, 0.5) is 0 Å². The molecule has 0 unspecified atom stereocenters. The predicted octanol–water partition coefficient (Wildman–Crippen LogP) is 2.60. The van der Waals surface area contributed by atoms with E-state index in [-0.39, 0.29) is 5.84 Å². The molecule has 0 saturated carbocycles. The normalized spacial score (nSPS) is 10.1. The molecule has 0 bridgehead atoms. The molecular formula is C13H12ClN3O. The fourth-order valence-corrected chi connectivity index (χ4v) is 1.80. The van der Waals surface area contributed by atoms with Crippen molar-refractivity contribution in [3.8, 4) is 5.75 Å². The van der Waals surface area contributed by atoms with Gasteiger partial charge in [0.2, 0.25) is 0 Å². The van der Waals surface area contributed by atoms with Crippen LogP contribution in [-0.4, -0.2) is 10.8 Å². The van der Waals surface area contributed by atoms with Crippen LogP contribution in [0.15, 0.2) is 42.7 Å². The fraction of sp³-hybridized carbons (Fsp3) is 0.0769. The van der Waals surface area contributed by atoms with Gasteiger partial charge in [-0.3, -0.25) is 10.4 Å². The molecule has 2 aromatic rings. The third-order valence-corrected chi connectivity index (χ3v) is 2.68. The number of ether oxygens (including phenoxy) is 1. The molecule has 2 rings (SSSR count). The lowest BCUT2D eigenvalue weighted by Crippen LogP contribution is -2.13. The van der Waals surface area contributed by atoms with Gasteiger partial charge in [-0.2, -0.15) is 0 Å². The number of hydrogen-bond acceptors (Lipinski definition) is 3. The first kappa shape index (κ1) is 12.4. The standard InChI is InChI=1S/C13H12ClN3O/c14-10-4-1-5-11(12(10)13(15)16)18-8-9-3-2-6-17-7-9/h1-7H,8H2,(H3,15,16). The number of amidine groups is 1. The Morgan fingerprint density at radius 2 is 2.17 bits per heavy atom. The zero-order valence-corrected chi connectivity index (χ0v) is 10.3. The number of nitrogens with two attached hydrogens (primary N) is 1. The molecule has 5 heteroatoms. The Labute approximate surface area is 110 Å². The second kappa shape index (κ2) is 5.51. The number of rotatable bonds is 4. The van der Waals surface area contributed by atoms with Gasteiger partial charge in [-0.1, -0.05) is 23.7 Å². The van der Waals surface area contributed by atoms with Crippen molar-refractivity contribution in [2.45, 2.75) is 6.61 Å². The summed E-state index contributed by atoms with van der Waals surface area (Å²) in [5.74, 6) is 0.389.